The lowest BCUT2D eigenvalue weighted by Gasteiger charge is -2.59. The van der Waals surface area contributed by atoms with Gasteiger partial charge in [-0.2, -0.15) is 26.3 Å². The summed E-state index contributed by atoms with van der Waals surface area (Å²) in [5.74, 6) is -2.97. The molecule has 1 N–H and O–H groups in total. The molecule has 0 aliphatic heterocycles. The zero-order chi connectivity index (χ0) is 23.2. The first-order valence-electron chi connectivity index (χ1n) is 9.43. The van der Waals surface area contributed by atoms with Crippen LogP contribution in [-0.4, -0.2) is 46.5 Å². The minimum atomic E-state index is -6.26. The molecule has 178 valence electrons. The first-order valence-corrected chi connectivity index (χ1v) is 10.2. The summed E-state index contributed by atoms with van der Waals surface area (Å²) in [5, 5.41) is 10.8. The van der Waals surface area contributed by atoms with Crippen LogP contribution in [0.5, 0.6) is 0 Å². The van der Waals surface area contributed by atoms with Crippen molar-refractivity contribution in [3.8, 4) is 0 Å². The van der Waals surface area contributed by atoms with Crippen LogP contribution in [0.15, 0.2) is 0 Å². The van der Waals surface area contributed by atoms with Crippen molar-refractivity contribution < 1.29 is 60.0 Å². The van der Waals surface area contributed by atoms with Crippen LogP contribution in [0.3, 0.4) is 0 Å². The van der Waals surface area contributed by atoms with Gasteiger partial charge in [-0.05, 0) is 62.7 Å². The highest BCUT2D eigenvalue weighted by Crippen LogP contribution is 2.59. The van der Waals surface area contributed by atoms with E-state index in [1.807, 2.05) is 0 Å². The van der Waals surface area contributed by atoms with E-state index < -0.39 is 53.3 Å². The standard InChI is InChI=1S/C17H20F6O7S/c1-14(10-3-8-2-9(5-10)6-11(14)4-8)28-12(24)7-27-13(25)15(16(18,19)20,17(21,22)23)31-30-29-26/h8-11,26H,2-7H2,1H3. The summed E-state index contributed by atoms with van der Waals surface area (Å²) in [7, 11) is 0. The van der Waals surface area contributed by atoms with Gasteiger partial charge in [0.15, 0.2) is 6.61 Å². The molecule has 0 aromatic heterocycles. The summed E-state index contributed by atoms with van der Waals surface area (Å²) in [4.78, 5) is 24.1. The number of rotatable bonds is 7. The van der Waals surface area contributed by atoms with Gasteiger partial charge in [-0.25, -0.2) is 14.8 Å². The Morgan fingerprint density at radius 3 is 1.87 bits per heavy atom. The van der Waals surface area contributed by atoms with E-state index in [1.54, 1.807) is 6.92 Å². The Balaban J connectivity index is 1.68. The van der Waals surface area contributed by atoms with Crippen LogP contribution in [0.1, 0.15) is 39.0 Å². The molecular weight excluding hydrogens is 462 g/mol. The molecule has 0 heterocycles. The molecule has 0 spiro atoms. The minimum Gasteiger partial charge on any atom is -0.456 e. The highest BCUT2D eigenvalue weighted by Gasteiger charge is 2.79. The molecule has 4 bridgehead atoms. The molecule has 0 amide bonds. The number of carbonyl (C=O) groups excluding carboxylic acids is 2. The predicted octanol–water partition coefficient (Wildman–Crippen LogP) is 4.22. The van der Waals surface area contributed by atoms with Crippen LogP contribution < -0.4 is 0 Å². The third-order valence-electron chi connectivity index (χ3n) is 6.69. The van der Waals surface area contributed by atoms with Gasteiger partial charge in [0.25, 0.3) is 0 Å². The van der Waals surface area contributed by atoms with E-state index in [0.29, 0.717) is 11.8 Å². The first kappa shape index (κ1) is 24.4. The van der Waals surface area contributed by atoms with Crippen LogP contribution in [0.25, 0.3) is 0 Å². The summed E-state index contributed by atoms with van der Waals surface area (Å²) in [6.45, 7) is 0.257. The van der Waals surface area contributed by atoms with Crippen molar-refractivity contribution in [3.05, 3.63) is 0 Å². The van der Waals surface area contributed by atoms with Gasteiger partial charge in [-0.3, -0.25) is 0 Å². The molecule has 0 aromatic rings. The highest BCUT2D eigenvalue weighted by atomic mass is 32.2. The van der Waals surface area contributed by atoms with Crippen LogP contribution in [-0.2, 0) is 28.4 Å². The molecule has 4 saturated carbocycles. The van der Waals surface area contributed by atoms with Gasteiger partial charge in [-0.1, -0.05) is 5.04 Å². The molecule has 4 rings (SSSR count). The highest BCUT2D eigenvalue weighted by molar-refractivity contribution is 7.96. The lowest BCUT2D eigenvalue weighted by molar-refractivity contribution is -0.434. The molecule has 4 aliphatic rings. The van der Waals surface area contributed by atoms with Gasteiger partial charge in [0.1, 0.15) is 5.60 Å². The number of hydrogen-bond donors (Lipinski definition) is 1. The van der Waals surface area contributed by atoms with Gasteiger partial charge >= 0.3 is 29.0 Å². The van der Waals surface area contributed by atoms with Crippen molar-refractivity contribution in [1.29, 1.82) is 0 Å². The fourth-order valence-electron chi connectivity index (χ4n) is 5.37. The van der Waals surface area contributed by atoms with Crippen LogP contribution in [0.4, 0.5) is 26.3 Å². The van der Waals surface area contributed by atoms with Gasteiger partial charge < -0.3 is 9.47 Å². The zero-order valence-electron chi connectivity index (χ0n) is 16.1. The third kappa shape index (κ3) is 4.23. The van der Waals surface area contributed by atoms with E-state index in [-0.39, 0.29) is 11.8 Å². The molecule has 0 radical (unpaired) electrons. The minimum absolute atomic E-state index is 0.0403. The Labute approximate surface area is 176 Å². The SMILES string of the molecule is CC1(OC(=O)COC(=O)C(SOOO)(C(F)(F)F)C(F)(F)F)C2CC3CC(C2)CC1C3. The quantitative estimate of drug-likeness (QED) is 0.190. The number of hydrogen-bond acceptors (Lipinski definition) is 8. The second kappa shape index (κ2) is 8.27. The Morgan fingerprint density at radius 1 is 0.968 bits per heavy atom. The predicted molar refractivity (Wildman–Crippen MR) is 89.7 cm³/mol. The van der Waals surface area contributed by atoms with Crippen LogP contribution in [0, 0.1) is 23.7 Å². The molecule has 4 aliphatic carbocycles. The van der Waals surface area contributed by atoms with Gasteiger partial charge in [0, 0.05) is 0 Å². The molecule has 0 saturated heterocycles. The largest absolute Gasteiger partial charge is 0.456 e. The van der Waals surface area contributed by atoms with Crippen molar-refractivity contribution >= 4 is 24.0 Å². The van der Waals surface area contributed by atoms with E-state index in [4.69, 9.17) is 9.99 Å². The first-order chi connectivity index (χ1) is 14.2. The monoisotopic (exact) mass is 482 g/mol. The smallest absolute Gasteiger partial charge is 0.425 e. The van der Waals surface area contributed by atoms with E-state index in [0.717, 1.165) is 32.1 Å². The van der Waals surface area contributed by atoms with Gasteiger partial charge in [0.2, 0.25) is 0 Å². The van der Waals surface area contributed by atoms with Gasteiger partial charge in [-0.15, -0.1) is 4.33 Å². The number of carbonyl (C=O) groups is 2. The summed E-state index contributed by atoms with van der Waals surface area (Å²) in [5.41, 5.74) is -0.912. The fourth-order valence-corrected chi connectivity index (χ4v) is 5.82. The fraction of sp³-hybridized carbons (Fsp3) is 0.882. The summed E-state index contributed by atoms with van der Waals surface area (Å²) < 4.78 is 86.9. The Hall–Kier alpha value is -1.25. The summed E-state index contributed by atoms with van der Waals surface area (Å²) >= 11 is -1.55. The lowest BCUT2D eigenvalue weighted by Crippen LogP contribution is -2.61. The van der Waals surface area contributed by atoms with Crippen LogP contribution in [0.2, 0.25) is 0 Å². The van der Waals surface area contributed by atoms with E-state index in [9.17, 15) is 35.9 Å². The molecule has 0 unspecified atom stereocenters. The number of ether oxygens (including phenoxy) is 2. The molecule has 14 heteroatoms. The average molecular weight is 482 g/mol. The van der Waals surface area contributed by atoms with Crippen molar-refractivity contribution in [1.82, 2.24) is 0 Å². The molecule has 7 nitrogen and oxygen atoms in total. The van der Waals surface area contributed by atoms with Crippen molar-refractivity contribution in [2.45, 2.75) is 61.7 Å². The third-order valence-corrected chi connectivity index (χ3v) is 7.70. The maximum Gasteiger partial charge on any atom is 0.425 e. The second-order valence-corrected chi connectivity index (χ2v) is 9.36. The van der Waals surface area contributed by atoms with Crippen LogP contribution >= 0.6 is 12.0 Å². The maximum absolute atomic E-state index is 13.2. The summed E-state index contributed by atoms with van der Waals surface area (Å²) in [6.07, 6.45) is -8.09. The van der Waals surface area contributed by atoms with E-state index >= 15 is 0 Å². The lowest BCUT2D eigenvalue weighted by atomic mass is 9.50. The zero-order valence-corrected chi connectivity index (χ0v) is 16.9. The topological polar surface area (TPSA) is 91.3 Å². The second-order valence-electron chi connectivity index (χ2n) is 8.44. The van der Waals surface area contributed by atoms with Crippen molar-refractivity contribution in [2.24, 2.45) is 23.7 Å². The molecular formula is C17H20F6O7S. The average Bonchev–Trinajstić information content (AvgIpc) is 2.62. The molecule has 0 aromatic carbocycles. The number of esters is 2. The Morgan fingerprint density at radius 2 is 1.45 bits per heavy atom. The van der Waals surface area contributed by atoms with Gasteiger partial charge in [0.05, 0.1) is 12.0 Å². The maximum atomic E-state index is 13.2. The molecule has 4 fully saturated rings. The Bertz CT molecular complexity index is 668. The van der Waals surface area contributed by atoms with Crippen molar-refractivity contribution in [3.63, 3.8) is 0 Å². The van der Waals surface area contributed by atoms with Crippen molar-refractivity contribution in [2.75, 3.05) is 6.61 Å². The summed E-state index contributed by atoms with van der Waals surface area (Å²) in [6, 6.07) is 0. The Kier molecular flexibility index (Phi) is 6.51. The van der Waals surface area contributed by atoms with E-state index in [1.165, 1.54) is 0 Å². The van der Waals surface area contributed by atoms with E-state index in [2.05, 4.69) is 14.1 Å². The molecule has 0 atom stereocenters. The molecule has 31 heavy (non-hydrogen) atoms. The normalized spacial score (nSPS) is 32.8. The number of halogens is 6. The number of alkyl halides is 6.